The third-order valence-corrected chi connectivity index (χ3v) is 7.33. The molecule has 0 fully saturated rings. The molecular weight excluding hydrogens is 318 g/mol. The number of thiophene rings is 1. The Labute approximate surface area is 123 Å². The maximum absolute atomic E-state index is 12.1. The highest BCUT2D eigenvalue weighted by Crippen LogP contribution is 2.46. The molecule has 0 amide bonds. The van der Waals surface area contributed by atoms with Crippen molar-refractivity contribution in [3.63, 3.8) is 0 Å². The van der Waals surface area contributed by atoms with E-state index in [0.717, 1.165) is 4.21 Å². The minimum atomic E-state index is -3.43. The molecule has 1 unspecified atom stereocenters. The standard InChI is InChI=1S/C12H9NO4S3/c14-13(15)8-3-4-9-10(19-12-2-1-5-18-12)7-20(16,17)11(9)6-8/h1-6,10H,7H2. The first-order valence-corrected chi connectivity index (χ1v) is 9.10. The predicted octanol–water partition coefficient (Wildman–Crippen LogP) is 3.28. The summed E-state index contributed by atoms with van der Waals surface area (Å²) in [6.07, 6.45) is 0. The van der Waals surface area contributed by atoms with Gasteiger partial charge in [-0.3, -0.25) is 10.1 Å². The largest absolute Gasteiger partial charge is 0.270 e. The monoisotopic (exact) mass is 327 g/mol. The average Bonchev–Trinajstić information content (AvgIpc) is 2.97. The van der Waals surface area contributed by atoms with Crippen LogP contribution < -0.4 is 0 Å². The molecule has 5 nitrogen and oxygen atoms in total. The summed E-state index contributed by atoms with van der Waals surface area (Å²) >= 11 is 3.04. The highest BCUT2D eigenvalue weighted by molar-refractivity contribution is 8.03. The van der Waals surface area contributed by atoms with Crippen LogP contribution in [0.25, 0.3) is 0 Å². The molecular formula is C12H9NO4S3. The van der Waals surface area contributed by atoms with Crippen molar-refractivity contribution in [2.45, 2.75) is 14.4 Å². The molecule has 2 aromatic rings. The number of hydrogen-bond acceptors (Lipinski definition) is 6. The second-order valence-electron chi connectivity index (χ2n) is 4.30. The summed E-state index contributed by atoms with van der Waals surface area (Å²) < 4.78 is 25.3. The van der Waals surface area contributed by atoms with E-state index in [9.17, 15) is 18.5 Å². The molecule has 2 heterocycles. The van der Waals surface area contributed by atoms with Crippen molar-refractivity contribution in [1.29, 1.82) is 0 Å². The van der Waals surface area contributed by atoms with Crippen molar-refractivity contribution >= 4 is 38.6 Å². The van der Waals surface area contributed by atoms with Gasteiger partial charge in [0.25, 0.3) is 5.69 Å². The van der Waals surface area contributed by atoms with Gasteiger partial charge < -0.3 is 0 Å². The Kier molecular flexibility index (Phi) is 3.31. The molecule has 0 aliphatic carbocycles. The van der Waals surface area contributed by atoms with Crippen LogP contribution in [0.1, 0.15) is 10.8 Å². The lowest BCUT2D eigenvalue weighted by Crippen LogP contribution is -2.01. The number of sulfone groups is 1. The summed E-state index contributed by atoms with van der Waals surface area (Å²) in [5, 5.41) is 12.5. The van der Waals surface area contributed by atoms with Gasteiger partial charge in [0, 0.05) is 12.1 Å². The zero-order valence-corrected chi connectivity index (χ0v) is 12.5. The Balaban J connectivity index is 2.03. The zero-order valence-electron chi connectivity index (χ0n) is 10.1. The number of non-ortho nitro benzene ring substituents is 1. The molecule has 8 heteroatoms. The van der Waals surface area contributed by atoms with Crippen LogP contribution in [0.15, 0.2) is 44.8 Å². The molecule has 0 N–H and O–H groups in total. The van der Waals surface area contributed by atoms with Crippen molar-refractivity contribution in [2.24, 2.45) is 0 Å². The van der Waals surface area contributed by atoms with Crippen LogP contribution in [0.3, 0.4) is 0 Å². The van der Waals surface area contributed by atoms with E-state index in [1.807, 2.05) is 17.5 Å². The van der Waals surface area contributed by atoms with E-state index in [-0.39, 0.29) is 21.6 Å². The molecule has 0 saturated carbocycles. The van der Waals surface area contributed by atoms with Gasteiger partial charge in [-0.2, -0.15) is 0 Å². The van der Waals surface area contributed by atoms with Crippen LogP contribution in [-0.2, 0) is 9.84 Å². The molecule has 3 rings (SSSR count). The van der Waals surface area contributed by atoms with Gasteiger partial charge in [0.15, 0.2) is 9.84 Å². The normalized spacial score (nSPS) is 19.7. The lowest BCUT2D eigenvalue weighted by molar-refractivity contribution is -0.385. The number of nitro groups is 1. The highest BCUT2D eigenvalue weighted by Gasteiger charge is 2.36. The lowest BCUT2D eigenvalue weighted by Gasteiger charge is -2.07. The first-order chi connectivity index (χ1) is 9.47. The number of rotatable bonds is 3. The fourth-order valence-corrected chi connectivity index (χ4v) is 6.59. The molecule has 1 aromatic heterocycles. The molecule has 20 heavy (non-hydrogen) atoms. The average molecular weight is 327 g/mol. The fourth-order valence-electron chi connectivity index (χ4n) is 2.12. The third kappa shape index (κ3) is 2.34. The second-order valence-corrected chi connectivity index (χ2v) is 8.75. The second kappa shape index (κ2) is 4.87. The van der Waals surface area contributed by atoms with Gasteiger partial charge in [-0.1, -0.05) is 6.07 Å². The number of fused-ring (bicyclic) bond motifs is 1. The summed E-state index contributed by atoms with van der Waals surface area (Å²) in [4.78, 5) is 10.3. The Morgan fingerprint density at radius 2 is 2.15 bits per heavy atom. The van der Waals surface area contributed by atoms with Crippen molar-refractivity contribution in [2.75, 3.05) is 5.75 Å². The smallest absolute Gasteiger partial charge is 0.258 e. The van der Waals surface area contributed by atoms with E-state index in [4.69, 9.17) is 0 Å². The Hall–Kier alpha value is -1.38. The molecule has 1 atom stereocenters. The molecule has 1 aliphatic heterocycles. The number of nitrogens with zero attached hydrogens (tertiary/aromatic N) is 1. The SMILES string of the molecule is O=[N+]([O-])c1ccc2c(c1)S(=O)(=O)CC2Sc1cccs1. The molecule has 0 spiro atoms. The molecule has 1 aromatic carbocycles. The lowest BCUT2D eigenvalue weighted by atomic mass is 10.1. The maximum Gasteiger partial charge on any atom is 0.270 e. The van der Waals surface area contributed by atoms with Gasteiger partial charge in [-0.15, -0.1) is 23.1 Å². The van der Waals surface area contributed by atoms with E-state index >= 15 is 0 Å². The molecule has 0 saturated heterocycles. The summed E-state index contributed by atoms with van der Waals surface area (Å²) in [7, 11) is -3.43. The number of benzene rings is 1. The molecule has 0 radical (unpaired) electrons. The van der Waals surface area contributed by atoms with E-state index < -0.39 is 14.8 Å². The Bertz CT molecular complexity index is 768. The number of nitro benzene ring substituents is 1. The topological polar surface area (TPSA) is 77.3 Å². The van der Waals surface area contributed by atoms with Crippen molar-refractivity contribution in [3.05, 3.63) is 51.4 Å². The summed E-state index contributed by atoms with van der Waals surface area (Å²) in [5.41, 5.74) is 0.475. The molecule has 1 aliphatic rings. The summed E-state index contributed by atoms with van der Waals surface area (Å²) in [6.45, 7) is 0. The number of hydrogen-bond donors (Lipinski definition) is 0. The fraction of sp³-hybridized carbons (Fsp3) is 0.167. The Morgan fingerprint density at radius 3 is 2.80 bits per heavy atom. The van der Waals surface area contributed by atoms with Crippen LogP contribution in [0.5, 0.6) is 0 Å². The minimum Gasteiger partial charge on any atom is -0.258 e. The van der Waals surface area contributed by atoms with Gasteiger partial charge >= 0.3 is 0 Å². The first kappa shape index (κ1) is 13.6. The van der Waals surface area contributed by atoms with E-state index in [1.54, 1.807) is 17.4 Å². The Morgan fingerprint density at radius 1 is 1.35 bits per heavy atom. The van der Waals surface area contributed by atoms with Gasteiger partial charge in [-0.05, 0) is 23.1 Å². The van der Waals surface area contributed by atoms with Crippen molar-refractivity contribution in [3.8, 4) is 0 Å². The van der Waals surface area contributed by atoms with E-state index in [1.165, 1.54) is 23.9 Å². The molecule has 0 bridgehead atoms. The summed E-state index contributed by atoms with van der Waals surface area (Å²) in [6, 6.07) is 7.93. The quantitative estimate of drug-likeness (QED) is 0.638. The van der Waals surface area contributed by atoms with Crippen LogP contribution >= 0.6 is 23.1 Å². The highest BCUT2D eigenvalue weighted by atomic mass is 32.2. The first-order valence-electron chi connectivity index (χ1n) is 5.68. The predicted molar refractivity (Wildman–Crippen MR) is 78.1 cm³/mol. The van der Waals surface area contributed by atoms with Crippen molar-refractivity contribution in [1.82, 2.24) is 0 Å². The van der Waals surface area contributed by atoms with Gasteiger partial charge in [-0.25, -0.2) is 8.42 Å². The number of thioether (sulfide) groups is 1. The van der Waals surface area contributed by atoms with Crippen LogP contribution in [0.2, 0.25) is 0 Å². The van der Waals surface area contributed by atoms with E-state index in [0.29, 0.717) is 5.56 Å². The maximum atomic E-state index is 12.1. The van der Waals surface area contributed by atoms with Crippen LogP contribution in [-0.4, -0.2) is 19.1 Å². The van der Waals surface area contributed by atoms with Gasteiger partial charge in [0.1, 0.15) is 0 Å². The third-order valence-electron chi connectivity index (χ3n) is 3.01. The van der Waals surface area contributed by atoms with Crippen LogP contribution in [0.4, 0.5) is 5.69 Å². The van der Waals surface area contributed by atoms with Crippen LogP contribution in [0, 0.1) is 10.1 Å². The van der Waals surface area contributed by atoms with E-state index in [2.05, 4.69) is 0 Å². The minimum absolute atomic E-state index is 0.00787. The van der Waals surface area contributed by atoms with Gasteiger partial charge in [0.2, 0.25) is 0 Å². The zero-order chi connectivity index (χ0) is 14.3. The summed E-state index contributed by atoms with van der Waals surface area (Å²) in [5.74, 6) is -0.00787. The molecule has 104 valence electrons. The van der Waals surface area contributed by atoms with Crippen molar-refractivity contribution < 1.29 is 13.3 Å². The van der Waals surface area contributed by atoms with Gasteiger partial charge in [0.05, 0.1) is 25.0 Å².